The number of anilines is 4. The summed E-state index contributed by atoms with van der Waals surface area (Å²) in [6.07, 6.45) is -28.3. The number of hydrogen-bond acceptors (Lipinski definition) is 24. The van der Waals surface area contributed by atoms with Gasteiger partial charge < -0.3 is 21.2 Å². The Bertz CT molecular complexity index is 7830. The smallest absolute Gasteiger partial charge is 0.162 e. The Morgan fingerprint density at radius 3 is 1.06 bits per heavy atom. The second kappa shape index (κ2) is 36.4. The summed E-state index contributed by atoms with van der Waals surface area (Å²) < 4.78 is 463. The van der Waals surface area contributed by atoms with Crippen LogP contribution in [0.25, 0.3) is 40.9 Å². The summed E-state index contributed by atoms with van der Waals surface area (Å²) in [6, 6.07) is -6.05. The van der Waals surface area contributed by atoms with Crippen LogP contribution in [-0.4, -0.2) is 136 Å². The molecule has 3 unspecified atom stereocenters. The van der Waals surface area contributed by atoms with E-state index in [1.807, 2.05) is 0 Å². The van der Waals surface area contributed by atoms with Gasteiger partial charge in [0.25, 0.3) is 0 Å². The number of fused-ring (bicyclic) bond motifs is 4. The predicted octanol–water partition coefficient (Wildman–Crippen LogP) is 17.7. The molecule has 16 rings (SSSR count). The molecule has 3 atom stereocenters. The Morgan fingerprint density at radius 1 is 0.426 bits per heavy atom. The highest BCUT2D eigenvalue weighted by Gasteiger charge is 2.27. The van der Waals surface area contributed by atoms with E-state index in [0.29, 0.717) is 34.4 Å². The summed E-state index contributed by atoms with van der Waals surface area (Å²) in [5.41, 5.74) is -4.10. The molecule has 12 aromatic rings. The average molecular weight is 1660 g/mol. The van der Waals surface area contributed by atoms with Crippen LogP contribution >= 0.6 is 91.8 Å². The Hall–Kier alpha value is -9.08. The first-order valence-corrected chi connectivity index (χ1v) is 34.6. The van der Waals surface area contributed by atoms with Crippen molar-refractivity contribution in [1.29, 1.82) is 21.0 Å². The van der Waals surface area contributed by atoms with Crippen molar-refractivity contribution in [1.82, 2.24) is 59.5 Å². The minimum atomic E-state index is -3.90. The molecule has 4 aliphatic rings. The van der Waals surface area contributed by atoms with Crippen LogP contribution in [0.4, 0.5) is 40.8 Å². The summed E-state index contributed by atoms with van der Waals surface area (Å²) in [4.78, 5) is 31.7. The van der Waals surface area contributed by atoms with Crippen molar-refractivity contribution in [3.63, 3.8) is 0 Å². The van der Waals surface area contributed by atoms with Crippen molar-refractivity contribution >= 4 is 156 Å². The van der Waals surface area contributed by atoms with Crippen molar-refractivity contribution in [2.75, 3.05) is 73.4 Å². The van der Waals surface area contributed by atoms with Crippen LogP contribution < -0.4 is 21.2 Å². The number of halogens is 8. The van der Waals surface area contributed by atoms with Crippen molar-refractivity contribution < 1.29 is 83.5 Å². The molecule has 0 saturated carbocycles. The van der Waals surface area contributed by atoms with Gasteiger partial charge in [-0.15, -0.1) is 45.3 Å². The van der Waals surface area contributed by atoms with Crippen LogP contribution in [0.1, 0.15) is 156 Å². The predicted molar refractivity (Wildman–Crippen MR) is 422 cm³/mol. The fourth-order valence-electron chi connectivity index (χ4n) is 9.00. The lowest BCUT2D eigenvalue weighted by Gasteiger charge is -2.32. The van der Waals surface area contributed by atoms with Gasteiger partial charge in [-0.05, 0) is 146 Å². The highest BCUT2D eigenvalue weighted by atomic mass is 35.5. The quantitative estimate of drug-likeness (QED) is 0.0655. The zero-order valence-electron chi connectivity index (χ0n) is 101. The first kappa shape index (κ1) is 37.6. The van der Waals surface area contributed by atoms with Gasteiger partial charge >= 0.3 is 0 Å². The first-order chi connectivity index (χ1) is 71.3. The summed E-state index contributed by atoms with van der Waals surface area (Å²) in [6.45, 7) is -27.3. The van der Waals surface area contributed by atoms with Gasteiger partial charge in [0.2, 0.25) is 0 Å². The van der Waals surface area contributed by atoms with Gasteiger partial charge in [-0.3, -0.25) is 19.6 Å². The second-order valence-electron chi connectivity index (χ2n) is 20.9. The molecule has 4 aliphatic heterocycles. The highest BCUT2D eigenvalue weighted by Crippen LogP contribution is 2.37. The van der Waals surface area contributed by atoms with E-state index < -0.39 is 294 Å². The number of nitriles is 4. The van der Waals surface area contributed by atoms with Crippen LogP contribution in [0.15, 0.2) is 122 Å². The van der Waals surface area contributed by atoms with Gasteiger partial charge in [0.1, 0.15) is 119 Å². The molecule has 4 fully saturated rings. The first-order valence-electron chi connectivity index (χ1n) is 53.8. The SMILES string of the molecule is [2H]c1cc(C([2H])N2C([2H])([2H])C([2H])([2H])C([2H])(N([2H])c3ncnc4sc(Cl)c([2H])c34)C([2H])([2H])C2([2H])[2H])cc(C#N)c1F.[2H]c1nc(N([2H])C2([2H])C([2H])([2H])C([2H])([2H])N(C([2H])c3cc([2H])c(F)c(C#N)c3)C([2H])([2H])C2([2H])[2H])c2c([2H])c(Cl)sc2n1.[2H]c1nc(N([2H])C2([2H])C([2H])([2H])CN(C([2H])([2H])c3cc([2H])c(F)c(C#N)c3)CC2([2H])[2H])c2c([2H])c(Cl)sc2n1.[2H]c1nc(N([2H])C2([2H])C([2H])([2H])CN(C([2H])c3cc([2H])c(F)c(C#N)c3)CC2([2H])[2H])c2c([2H])c(Cl)sc2n1. The summed E-state index contributed by atoms with van der Waals surface area (Å²) in [5, 5.41) is 35.6. The van der Waals surface area contributed by atoms with E-state index in [9.17, 15) is 22.8 Å². The van der Waals surface area contributed by atoms with Gasteiger partial charge in [-0.25, -0.2) is 57.4 Å². The number of rotatable bonds is 16. The Balaban J connectivity index is 0.000000172. The zero-order chi connectivity index (χ0) is 118. The van der Waals surface area contributed by atoms with Gasteiger partial charge in [-0.2, -0.15) is 21.0 Å². The Labute approximate surface area is 723 Å². The lowest BCUT2D eigenvalue weighted by Crippen LogP contribution is -2.38. The summed E-state index contributed by atoms with van der Waals surface area (Å²) in [7, 11) is 0. The molecule has 0 bridgehead atoms. The number of aromatic nitrogens is 8. The summed E-state index contributed by atoms with van der Waals surface area (Å²) in [5.74, 6) is -7.48. The number of benzene rings is 4. The normalized spacial score (nSPS) is 30.0. The zero-order valence-corrected chi connectivity index (χ0v) is 59.6. The highest BCUT2D eigenvalue weighted by molar-refractivity contribution is 7.23. The number of nitrogens with zero attached hydrogens (tertiary/aromatic N) is 16. The van der Waals surface area contributed by atoms with Gasteiger partial charge in [0.05, 0.1) is 77.6 Å². The van der Waals surface area contributed by atoms with Gasteiger partial charge in [0.15, 0.2) is 5.65 Å². The maximum atomic E-state index is 14.1. The van der Waals surface area contributed by atoms with Gasteiger partial charge in [0, 0.05) is 142 Å². The van der Waals surface area contributed by atoms with Crippen molar-refractivity contribution in [2.24, 2.45) is 0 Å². The van der Waals surface area contributed by atoms with Crippen molar-refractivity contribution in [2.45, 2.75) is 101 Å². The molecule has 4 saturated heterocycles. The van der Waals surface area contributed by atoms with Crippen LogP contribution in [0.2, 0.25) is 23.0 Å². The molecular formula is C76H68Cl4F4N20S4. The molecule has 12 heterocycles. The average Bonchev–Trinajstić information content (AvgIpc) is 1.07. The lowest BCUT2D eigenvalue weighted by atomic mass is 10.0. The number of likely N-dealkylation sites (tertiary alicyclic amines) is 4. The van der Waals surface area contributed by atoms with Crippen molar-refractivity contribution in [3.8, 4) is 24.3 Å². The minimum Gasteiger partial charge on any atom is -0.367 e. The minimum absolute atomic E-state index is 0.0153. The van der Waals surface area contributed by atoms with E-state index >= 15 is 0 Å². The number of nitrogens with one attached hydrogen (secondary N) is 4. The van der Waals surface area contributed by atoms with Gasteiger partial charge in [-0.1, -0.05) is 70.7 Å². The third kappa shape index (κ3) is 20.0. The van der Waals surface area contributed by atoms with E-state index in [-0.39, 0.29) is 107 Å². The molecule has 4 N–H and O–H groups in total. The molecule has 32 heteroatoms. The lowest BCUT2D eigenvalue weighted by molar-refractivity contribution is 0.211. The monoisotopic (exact) mass is 1650 g/mol. The molecule has 20 nitrogen and oxygen atoms in total. The molecule has 0 amide bonds. The molecular weight excluding hydrogens is 1540 g/mol. The molecule has 8 aromatic heterocycles. The molecule has 552 valence electrons. The number of piperidine rings is 4. The standard InChI is InChI=1S/4C19H17ClFN5S/c4*20-17-8-15-18(23-11-24-19(15)27-17)25-14-3-5-26(6-4-14)10-12-1-2-16(21)13(7-12)9-22/h4*1-2,7-8,11,14H,3-6,10H2,(H,23,24,25)/i2D,3D2,4D2,5D2,6D2,8D,10D,11D,14D;2D,3D2,4D2,5D2,6D2,8D,10D,14D;2D,3D2,4D2,8D,10D2,11D,14D;2D,3D2,4D2,8D,10D,11D,14D/hD4. The summed E-state index contributed by atoms with van der Waals surface area (Å²) >= 11 is 27.1. The van der Waals surface area contributed by atoms with Crippen LogP contribution in [0.5, 0.6) is 0 Å². The molecule has 4 aromatic carbocycles. The van der Waals surface area contributed by atoms with E-state index in [0.717, 1.165) is 75.6 Å². The van der Waals surface area contributed by atoms with E-state index in [1.165, 1.54) is 18.2 Å². The molecule has 0 radical (unpaired) electrons. The maximum Gasteiger partial charge on any atom is 0.162 e. The molecule has 108 heavy (non-hydrogen) atoms. The van der Waals surface area contributed by atoms with Crippen LogP contribution in [0, 0.1) is 68.6 Å². The Morgan fingerprint density at radius 2 is 0.713 bits per heavy atom. The Kier molecular flexibility index (Phi) is 12.7. The fraction of sp³-hybridized carbons (Fsp3) is 0.316. The van der Waals surface area contributed by atoms with E-state index in [1.54, 1.807) is 6.07 Å². The van der Waals surface area contributed by atoms with E-state index in [4.69, 9.17) is 128 Å². The van der Waals surface area contributed by atoms with Crippen LogP contribution in [-0.2, 0) is 26.1 Å². The third-order valence-electron chi connectivity index (χ3n) is 13.8. The molecule has 0 spiro atoms. The van der Waals surface area contributed by atoms with Crippen LogP contribution in [0.3, 0.4) is 0 Å². The number of hydrogen-bond donors (Lipinski definition) is 4. The fourth-order valence-corrected chi connectivity index (χ4v) is 12.9. The third-order valence-corrected chi connectivity index (χ3v) is 18.2. The largest absolute Gasteiger partial charge is 0.367 e. The molecule has 0 aliphatic carbocycles. The number of thiophene rings is 4. The van der Waals surface area contributed by atoms with Crippen molar-refractivity contribution in [3.05, 3.63) is 207 Å². The van der Waals surface area contributed by atoms with E-state index in [2.05, 4.69) is 39.9 Å². The second-order valence-corrected chi connectivity index (χ2v) is 27.3. The topological polar surface area (TPSA) is 259 Å². The maximum absolute atomic E-state index is 14.1.